The number of hydrogen-bond acceptors (Lipinski definition) is 5. The summed E-state index contributed by atoms with van der Waals surface area (Å²) in [6.07, 6.45) is 0. The van der Waals surface area contributed by atoms with Gasteiger partial charge in [-0.2, -0.15) is 0 Å². The first kappa shape index (κ1) is 12.6. The minimum absolute atomic E-state index is 0.0621. The summed E-state index contributed by atoms with van der Waals surface area (Å²) in [7, 11) is 0. The van der Waals surface area contributed by atoms with Gasteiger partial charge in [0.1, 0.15) is 12.4 Å². The van der Waals surface area contributed by atoms with Crippen LogP contribution in [0.15, 0.2) is 28.8 Å². The fourth-order valence-electron chi connectivity index (χ4n) is 2.12. The maximum Gasteiger partial charge on any atom is 0.285 e. The van der Waals surface area contributed by atoms with Crippen LogP contribution in [0.4, 0.5) is 0 Å². The molecular weight excluding hydrogens is 260 g/mol. The van der Waals surface area contributed by atoms with Crippen LogP contribution in [0, 0.1) is 13.8 Å². The number of imide groups is 1. The van der Waals surface area contributed by atoms with Gasteiger partial charge in [0, 0.05) is 5.56 Å². The SMILES string of the molecule is Cc1noc(C)c1CON1C(=O)c2ccccc2C1=O. The molecule has 0 unspecified atom stereocenters. The summed E-state index contributed by atoms with van der Waals surface area (Å²) < 4.78 is 5.01. The molecule has 0 radical (unpaired) electrons. The van der Waals surface area contributed by atoms with E-state index in [4.69, 9.17) is 9.36 Å². The van der Waals surface area contributed by atoms with Gasteiger partial charge in [0.25, 0.3) is 11.8 Å². The van der Waals surface area contributed by atoms with Crippen molar-refractivity contribution in [1.29, 1.82) is 0 Å². The number of hydroxylamine groups is 2. The molecule has 0 saturated heterocycles. The highest BCUT2D eigenvalue weighted by atomic mass is 16.7. The van der Waals surface area contributed by atoms with E-state index in [1.165, 1.54) is 0 Å². The van der Waals surface area contributed by atoms with E-state index in [-0.39, 0.29) is 6.61 Å². The van der Waals surface area contributed by atoms with Gasteiger partial charge in [0.2, 0.25) is 0 Å². The van der Waals surface area contributed by atoms with Crippen LogP contribution < -0.4 is 0 Å². The van der Waals surface area contributed by atoms with Gasteiger partial charge in [-0.05, 0) is 26.0 Å². The first-order valence-corrected chi connectivity index (χ1v) is 6.12. The quantitative estimate of drug-likeness (QED) is 0.799. The zero-order valence-electron chi connectivity index (χ0n) is 11.0. The topological polar surface area (TPSA) is 72.6 Å². The summed E-state index contributed by atoms with van der Waals surface area (Å²) in [6, 6.07) is 6.63. The Kier molecular flexibility index (Phi) is 2.87. The molecule has 1 aliphatic heterocycles. The van der Waals surface area contributed by atoms with Gasteiger partial charge < -0.3 is 4.52 Å². The van der Waals surface area contributed by atoms with Crippen LogP contribution in [-0.2, 0) is 11.4 Å². The number of carbonyl (C=O) groups is 2. The van der Waals surface area contributed by atoms with Crippen molar-refractivity contribution in [2.75, 3.05) is 0 Å². The lowest BCUT2D eigenvalue weighted by molar-refractivity contribution is -0.101. The second-order valence-electron chi connectivity index (χ2n) is 4.53. The third kappa shape index (κ3) is 1.81. The Morgan fingerprint density at radius 3 is 2.25 bits per heavy atom. The van der Waals surface area contributed by atoms with Crippen LogP contribution in [0.1, 0.15) is 37.7 Å². The van der Waals surface area contributed by atoms with Gasteiger partial charge in [-0.25, -0.2) is 0 Å². The largest absolute Gasteiger partial charge is 0.361 e. The maximum absolute atomic E-state index is 12.1. The van der Waals surface area contributed by atoms with E-state index >= 15 is 0 Å². The standard InChI is InChI=1S/C14H12N2O4/c1-8-12(9(2)20-15-8)7-19-16-13(17)10-5-3-4-6-11(10)14(16)18/h3-6H,7H2,1-2H3. The van der Waals surface area contributed by atoms with Crippen molar-refractivity contribution in [1.82, 2.24) is 10.2 Å². The Labute approximate surface area is 114 Å². The lowest BCUT2D eigenvalue weighted by Crippen LogP contribution is -2.29. The number of nitrogens with zero attached hydrogens (tertiary/aromatic N) is 2. The zero-order valence-corrected chi connectivity index (χ0v) is 11.0. The third-order valence-corrected chi connectivity index (χ3v) is 3.28. The highest BCUT2D eigenvalue weighted by Gasteiger charge is 2.36. The molecule has 0 spiro atoms. The predicted molar refractivity (Wildman–Crippen MR) is 67.7 cm³/mol. The van der Waals surface area contributed by atoms with Gasteiger partial charge in [-0.1, -0.05) is 17.3 Å². The molecule has 6 nitrogen and oxygen atoms in total. The molecule has 2 amide bonds. The number of aromatic nitrogens is 1. The molecule has 1 aromatic carbocycles. The van der Waals surface area contributed by atoms with E-state index in [2.05, 4.69) is 5.16 Å². The molecule has 0 N–H and O–H groups in total. The Morgan fingerprint density at radius 1 is 1.15 bits per heavy atom. The predicted octanol–water partition coefficient (Wildman–Crippen LogP) is 2.02. The summed E-state index contributed by atoms with van der Waals surface area (Å²) in [5.74, 6) is -0.283. The average Bonchev–Trinajstić information content (AvgIpc) is 2.89. The molecule has 0 bridgehead atoms. The van der Waals surface area contributed by atoms with Crippen LogP contribution in [0.5, 0.6) is 0 Å². The molecule has 0 aliphatic carbocycles. The minimum Gasteiger partial charge on any atom is -0.361 e. The van der Waals surface area contributed by atoms with E-state index in [9.17, 15) is 9.59 Å². The Morgan fingerprint density at radius 2 is 1.75 bits per heavy atom. The summed E-state index contributed by atoms with van der Waals surface area (Å²) in [4.78, 5) is 29.5. The molecule has 2 heterocycles. The molecular formula is C14H12N2O4. The van der Waals surface area contributed by atoms with Crippen molar-refractivity contribution < 1.29 is 18.9 Å². The summed E-state index contributed by atoms with van der Waals surface area (Å²) in [6.45, 7) is 3.59. The van der Waals surface area contributed by atoms with Crippen LogP contribution >= 0.6 is 0 Å². The van der Waals surface area contributed by atoms with Crippen LogP contribution in [0.3, 0.4) is 0 Å². The Balaban J connectivity index is 1.81. The number of rotatable bonds is 3. The lowest BCUT2D eigenvalue weighted by Gasteiger charge is -2.12. The van der Waals surface area contributed by atoms with Gasteiger partial charge in [-0.15, -0.1) is 5.06 Å². The number of hydrogen-bond donors (Lipinski definition) is 0. The first-order valence-electron chi connectivity index (χ1n) is 6.12. The van der Waals surface area contributed by atoms with Gasteiger partial charge in [0.15, 0.2) is 0 Å². The molecule has 0 saturated carbocycles. The second kappa shape index (κ2) is 4.57. The minimum atomic E-state index is -0.447. The highest BCUT2D eigenvalue weighted by Crippen LogP contribution is 2.24. The molecule has 2 aromatic rings. The fourth-order valence-corrected chi connectivity index (χ4v) is 2.12. The van der Waals surface area contributed by atoms with Gasteiger partial charge >= 0.3 is 0 Å². The van der Waals surface area contributed by atoms with Crippen molar-refractivity contribution in [2.45, 2.75) is 20.5 Å². The monoisotopic (exact) mass is 272 g/mol. The molecule has 1 aromatic heterocycles. The Hall–Kier alpha value is -2.47. The summed E-state index contributed by atoms with van der Waals surface area (Å²) in [5.41, 5.74) is 2.13. The molecule has 0 atom stereocenters. The van der Waals surface area contributed by atoms with Crippen molar-refractivity contribution >= 4 is 11.8 Å². The van der Waals surface area contributed by atoms with Crippen molar-refractivity contribution in [2.24, 2.45) is 0 Å². The van der Waals surface area contributed by atoms with E-state index in [1.807, 2.05) is 0 Å². The summed E-state index contributed by atoms with van der Waals surface area (Å²) >= 11 is 0. The van der Waals surface area contributed by atoms with E-state index < -0.39 is 11.8 Å². The van der Waals surface area contributed by atoms with Gasteiger partial charge in [0.05, 0.1) is 16.8 Å². The average molecular weight is 272 g/mol. The normalized spacial score (nSPS) is 14.0. The molecule has 0 fully saturated rings. The smallest absolute Gasteiger partial charge is 0.285 e. The Bertz CT molecular complexity index is 650. The lowest BCUT2D eigenvalue weighted by atomic mass is 10.1. The third-order valence-electron chi connectivity index (χ3n) is 3.28. The highest BCUT2D eigenvalue weighted by molar-refractivity contribution is 6.20. The number of aryl methyl sites for hydroxylation is 2. The maximum atomic E-state index is 12.1. The van der Waals surface area contributed by atoms with Crippen LogP contribution in [0.25, 0.3) is 0 Å². The van der Waals surface area contributed by atoms with Crippen molar-refractivity contribution in [3.05, 3.63) is 52.4 Å². The van der Waals surface area contributed by atoms with Crippen molar-refractivity contribution in [3.63, 3.8) is 0 Å². The fraction of sp³-hybridized carbons (Fsp3) is 0.214. The molecule has 102 valence electrons. The van der Waals surface area contributed by atoms with E-state index in [0.29, 0.717) is 22.6 Å². The first-order chi connectivity index (χ1) is 9.59. The number of amides is 2. The molecule has 1 aliphatic rings. The molecule has 3 rings (SSSR count). The number of fused-ring (bicyclic) bond motifs is 1. The van der Waals surface area contributed by atoms with Gasteiger partial charge in [-0.3, -0.25) is 14.4 Å². The van der Waals surface area contributed by atoms with E-state index in [0.717, 1.165) is 10.6 Å². The van der Waals surface area contributed by atoms with Crippen LogP contribution in [-0.4, -0.2) is 22.0 Å². The zero-order chi connectivity index (χ0) is 14.3. The molecule has 6 heteroatoms. The van der Waals surface area contributed by atoms with Crippen molar-refractivity contribution in [3.8, 4) is 0 Å². The van der Waals surface area contributed by atoms with Crippen LogP contribution in [0.2, 0.25) is 0 Å². The summed E-state index contributed by atoms with van der Waals surface area (Å²) in [5, 5.41) is 4.58. The number of benzene rings is 1. The molecule has 20 heavy (non-hydrogen) atoms. The second-order valence-corrected chi connectivity index (χ2v) is 4.53. The number of carbonyl (C=O) groups excluding carboxylic acids is 2. The van der Waals surface area contributed by atoms with E-state index in [1.54, 1.807) is 38.1 Å².